The molecule has 0 radical (unpaired) electrons. The molecule has 1 heterocycles. The Hall–Kier alpha value is -1.39. The van der Waals surface area contributed by atoms with Crippen molar-refractivity contribution in [2.24, 2.45) is 5.92 Å². The van der Waals surface area contributed by atoms with Crippen LogP contribution in [0.5, 0.6) is 5.75 Å². The molecular weight excluding hydrogens is 266 g/mol. The summed E-state index contributed by atoms with van der Waals surface area (Å²) >= 11 is 0. The Bertz CT molecular complexity index is 438. The van der Waals surface area contributed by atoms with Crippen LogP contribution >= 0.6 is 0 Å². The van der Waals surface area contributed by atoms with Crippen molar-refractivity contribution in [2.45, 2.75) is 19.8 Å². The first-order chi connectivity index (χ1) is 10.2. The standard InChI is InChI=1S/C17H25NO3/c1-3-21-16-8-6-15(7-9-16)17(19)12-18(2)11-14-5-4-10-20-13-14/h6-9,14H,3-5,10-13H2,1-2H3. The average Bonchev–Trinajstić information content (AvgIpc) is 2.49. The number of Topliss-reactive ketones (excluding diaryl/α,β-unsaturated/α-hetero) is 1. The van der Waals surface area contributed by atoms with Gasteiger partial charge in [-0.2, -0.15) is 0 Å². The second-order valence-corrected chi connectivity index (χ2v) is 5.66. The van der Waals surface area contributed by atoms with Gasteiger partial charge >= 0.3 is 0 Å². The Morgan fingerprint density at radius 1 is 1.38 bits per heavy atom. The molecule has 4 heteroatoms. The molecule has 21 heavy (non-hydrogen) atoms. The van der Waals surface area contributed by atoms with Gasteiger partial charge in [0.25, 0.3) is 0 Å². The number of carbonyl (C=O) groups is 1. The highest BCUT2D eigenvalue weighted by molar-refractivity contribution is 5.97. The lowest BCUT2D eigenvalue weighted by atomic mass is 10.0. The van der Waals surface area contributed by atoms with Crippen LogP contribution < -0.4 is 4.74 Å². The zero-order valence-corrected chi connectivity index (χ0v) is 13.0. The largest absolute Gasteiger partial charge is 0.494 e. The summed E-state index contributed by atoms with van der Waals surface area (Å²) in [6, 6.07) is 7.38. The SMILES string of the molecule is CCOc1ccc(C(=O)CN(C)CC2CCCOC2)cc1. The zero-order chi connectivity index (χ0) is 15.1. The molecule has 0 spiro atoms. The lowest BCUT2D eigenvalue weighted by Gasteiger charge is -2.26. The maximum Gasteiger partial charge on any atom is 0.176 e. The van der Waals surface area contributed by atoms with E-state index in [-0.39, 0.29) is 5.78 Å². The van der Waals surface area contributed by atoms with E-state index in [0.717, 1.165) is 37.5 Å². The quantitative estimate of drug-likeness (QED) is 0.724. The van der Waals surface area contributed by atoms with Gasteiger partial charge in [0.1, 0.15) is 5.75 Å². The van der Waals surface area contributed by atoms with Gasteiger partial charge in [-0.25, -0.2) is 0 Å². The normalized spacial score (nSPS) is 18.7. The predicted octanol–water partition coefficient (Wildman–Crippen LogP) is 2.63. The molecule has 0 amide bonds. The minimum Gasteiger partial charge on any atom is -0.494 e. The lowest BCUT2D eigenvalue weighted by Crippen LogP contribution is -2.34. The third kappa shape index (κ3) is 5.14. The van der Waals surface area contributed by atoms with Crippen LogP contribution in [0.1, 0.15) is 30.1 Å². The van der Waals surface area contributed by atoms with Crippen LogP contribution in [0.4, 0.5) is 0 Å². The fraction of sp³-hybridized carbons (Fsp3) is 0.588. The van der Waals surface area contributed by atoms with Gasteiger partial charge in [-0.3, -0.25) is 9.69 Å². The maximum absolute atomic E-state index is 12.3. The van der Waals surface area contributed by atoms with E-state index in [9.17, 15) is 4.79 Å². The van der Waals surface area contributed by atoms with E-state index in [1.807, 2.05) is 38.2 Å². The Kier molecular flexibility index (Phi) is 6.21. The maximum atomic E-state index is 12.3. The van der Waals surface area contributed by atoms with Gasteiger partial charge in [0, 0.05) is 18.7 Å². The Balaban J connectivity index is 1.82. The number of ketones is 1. The van der Waals surface area contributed by atoms with E-state index < -0.39 is 0 Å². The van der Waals surface area contributed by atoms with Gasteiger partial charge in [-0.05, 0) is 57.0 Å². The molecule has 1 saturated heterocycles. The average molecular weight is 291 g/mol. The van der Waals surface area contributed by atoms with Gasteiger partial charge in [0.05, 0.1) is 19.8 Å². The van der Waals surface area contributed by atoms with Gasteiger partial charge in [-0.1, -0.05) is 0 Å². The van der Waals surface area contributed by atoms with Crippen LogP contribution in [0.3, 0.4) is 0 Å². The van der Waals surface area contributed by atoms with Crippen molar-refractivity contribution in [3.8, 4) is 5.75 Å². The minimum atomic E-state index is 0.150. The summed E-state index contributed by atoms with van der Waals surface area (Å²) in [5.41, 5.74) is 0.741. The van der Waals surface area contributed by atoms with E-state index >= 15 is 0 Å². The molecule has 0 N–H and O–H groups in total. The van der Waals surface area contributed by atoms with Gasteiger partial charge < -0.3 is 9.47 Å². The Morgan fingerprint density at radius 3 is 2.76 bits per heavy atom. The first-order valence-corrected chi connectivity index (χ1v) is 7.71. The van der Waals surface area contributed by atoms with Crippen molar-refractivity contribution >= 4 is 5.78 Å². The summed E-state index contributed by atoms with van der Waals surface area (Å²) < 4.78 is 10.9. The molecule has 1 aromatic rings. The summed E-state index contributed by atoms with van der Waals surface area (Å²) in [6.45, 7) is 5.66. The van der Waals surface area contributed by atoms with E-state index in [2.05, 4.69) is 4.90 Å². The fourth-order valence-electron chi connectivity index (χ4n) is 2.70. The fourth-order valence-corrected chi connectivity index (χ4v) is 2.70. The van der Waals surface area contributed by atoms with Crippen LogP contribution in [0.25, 0.3) is 0 Å². The summed E-state index contributed by atoms with van der Waals surface area (Å²) in [6.07, 6.45) is 2.33. The van der Waals surface area contributed by atoms with Crippen LogP contribution in [0.15, 0.2) is 24.3 Å². The molecule has 1 aliphatic rings. The molecule has 1 aromatic carbocycles. The highest BCUT2D eigenvalue weighted by atomic mass is 16.5. The monoisotopic (exact) mass is 291 g/mol. The van der Waals surface area contributed by atoms with E-state index in [1.165, 1.54) is 6.42 Å². The number of rotatable bonds is 7. The molecule has 0 saturated carbocycles. The molecule has 0 aromatic heterocycles. The summed E-state index contributed by atoms with van der Waals surface area (Å²) in [7, 11) is 2.00. The number of likely N-dealkylation sites (N-methyl/N-ethyl adjacent to an activating group) is 1. The second kappa shape index (κ2) is 8.15. The van der Waals surface area contributed by atoms with Crippen molar-refractivity contribution in [1.29, 1.82) is 0 Å². The number of hydrogen-bond donors (Lipinski definition) is 0. The van der Waals surface area contributed by atoms with E-state index in [1.54, 1.807) is 0 Å². The Labute approximate surface area is 127 Å². The summed E-state index contributed by atoms with van der Waals surface area (Å²) in [4.78, 5) is 14.3. The highest BCUT2D eigenvalue weighted by Crippen LogP contribution is 2.15. The van der Waals surface area contributed by atoms with Crippen LogP contribution in [0.2, 0.25) is 0 Å². The third-order valence-corrected chi connectivity index (χ3v) is 3.73. The summed E-state index contributed by atoms with van der Waals surface area (Å²) in [5.74, 6) is 1.51. The van der Waals surface area contributed by atoms with Gasteiger partial charge in [-0.15, -0.1) is 0 Å². The van der Waals surface area contributed by atoms with E-state index in [0.29, 0.717) is 19.1 Å². The molecule has 1 unspecified atom stereocenters. The molecule has 0 bridgehead atoms. The van der Waals surface area contributed by atoms with E-state index in [4.69, 9.17) is 9.47 Å². The molecule has 2 rings (SSSR count). The lowest BCUT2D eigenvalue weighted by molar-refractivity contribution is 0.0416. The van der Waals surface area contributed by atoms with Gasteiger partial charge in [0.15, 0.2) is 5.78 Å². The second-order valence-electron chi connectivity index (χ2n) is 5.66. The minimum absolute atomic E-state index is 0.150. The summed E-state index contributed by atoms with van der Waals surface area (Å²) in [5, 5.41) is 0. The van der Waals surface area contributed by atoms with Crippen molar-refractivity contribution < 1.29 is 14.3 Å². The topological polar surface area (TPSA) is 38.8 Å². The smallest absolute Gasteiger partial charge is 0.176 e. The van der Waals surface area contributed by atoms with Crippen molar-refractivity contribution in [1.82, 2.24) is 4.90 Å². The van der Waals surface area contributed by atoms with Crippen molar-refractivity contribution in [3.63, 3.8) is 0 Å². The molecule has 1 atom stereocenters. The zero-order valence-electron chi connectivity index (χ0n) is 13.0. The van der Waals surface area contributed by atoms with Gasteiger partial charge in [0.2, 0.25) is 0 Å². The molecule has 0 aliphatic carbocycles. The highest BCUT2D eigenvalue weighted by Gasteiger charge is 2.17. The first kappa shape index (κ1) is 16.0. The molecular formula is C17H25NO3. The molecule has 1 fully saturated rings. The van der Waals surface area contributed by atoms with Crippen LogP contribution in [-0.4, -0.2) is 50.6 Å². The molecule has 1 aliphatic heterocycles. The van der Waals surface area contributed by atoms with Crippen LogP contribution in [-0.2, 0) is 4.74 Å². The third-order valence-electron chi connectivity index (χ3n) is 3.73. The number of ether oxygens (including phenoxy) is 2. The number of benzene rings is 1. The first-order valence-electron chi connectivity index (χ1n) is 7.71. The van der Waals surface area contributed by atoms with Crippen molar-refractivity contribution in [2.75, 3.05) is 40.0 Å². The molecule has 116 valence electrons. The predicted molar refractivity (Wildman–Crippen MR) is 83.0 cm³/mol. The van der Waals surface area contributed by atoms with Crippen LogP contribution in [0, 0.1) is 5.92 Å². The Morgan fingerprint density at radius 2 is 2.14 bits per heavy atom. The van der Waals surface area contributed by atoms with Crippen molar-refractivity contribution in [3.05, 3.63) is 29.8 Å². The number of hydrogen-bond acceptors (Lipinski definition) is 4. The molecule has 4 nitrogen and oxygen atoms in total. The number of nitrogens with zero attached hydrogens (tertiary/aromatic N) is 1. The number of carbonyl (C=O) groups excluding carboxylic acids is 1.